The van der Waals surface area contributed by atoms with Crippen LogP contribution >= 0.6 is 0 Å². The molecular weight excluding hydrogens is 448 g/mol. The second kappa shape index (κ2) is 9.37. The number of tetrazole rings is 1. The Morgan fingerprint density at radius 2 is 2.06 bits per heavy atom. The van der Waals surface area contributed by atoms with Crippen LogP contribution in [-0.4, -0.2) is 65.2 Å². The minimum atomic E-state index is -4.04. The summed E-state index contributed by atoms with van der Waals surface area (Å²) in [4.78, 5) is 14.0. The lowest BCUT2D eigenvalue weighted by molar-refractivity contribution is 0.0147. The maximum atomic E-state index is 13.1. The summed E-state index contributed by atoms with van der Waals surface area (Å²) in [6.07, 6.45) is -0.734. The summed E-state index contributed by atoms with van der Waals surface area (Å²) >= 11 is 0. The number of aromatic amines is 1. The number of aliphatic hydroxyl groups is 1. The molecule has 0 saturated carbocycles. The number of sulfonamides is 1. The number of hydrogen-bond acceptors (Lipinski definition) is 8. The lowest BCUT2D eigenvalue weighted by Gasteiger charge is -2.21. The minimum absolute atomic E-state index is 0.0317. The van der Waals surface area contributed by atoms with E-state index in [-0.39, 0.29) is 40.0 Å². The first-order chi connectivity index (χ1) is 15.9. The van der Waals surface area contributed by atoms with E-state index in [2.05, 4.69) is 37.2 Å². The molecule has 3 aromatic rings. The van der Waals surface area contributed by atoms with E-state index in [1.54, 1.807) is 31.4 Å². The van der Waals surface area contributed by atoms with Crippen LogP contribution < -0.4 is 4.72 Å². The van der Waals surface area contributed by atoms with Crippen molar-refractivity contribution in [2.45, 2.75) is 17.5 Å². The number of rotatable bonds is 7. The molecule has 1 atom stereocenters. The third kappa shape index (κ3) is 4.70. The molecule has 1 aliphatic rings. The summed E-state index contributed by atoms with van der Waals surface area (Å²) in [6, 6.07) is 10.6. The Morgan fingerprint density at radius 1 is 1.24 bits per heavy atom. The number of aromatic nitrogens is 4. The van der Waals surface area contributed by atoms with E-state index in [1.807, 2.05) is 0 Å². The van der Waals surface area contributed by atoms with Gasteiger partial charge >= 0.3 is 0 Å². The molecule has 3 N–H and O–H groups in total. The molecule has 0 spiro atoms. The van der Waals surface area contributed by atoms with Crippen molar-refractivity contribution in [1.29, 1.82) is 0 Å². The van der Waals surface area contributed by atoms with Crippen LogP contribution in [0.5, 0.6) is 0 Å². The number of hydrogen-bond donors (Lipinski definition) is 3. The van der Waals surface area contributed by atoms with Gasteiger partial charge in [-0.25, -0.2) is 8.42 Å². The van der Waals surface area contributed by atoms with Gasteiger partial charge in [-0.15, -0.1) is 5.10 Å². The van der Waals surface area contributed by atoms with Crippen molar-refractivity contribution in [2.24, 2.45) is 0 Å². The van der Waals surface area contributed by atoms with Gasteiger partial charge in [0.15, 0.2) is 6.23 Å². The van der Waals surface area contributed by atoms with Gasteiger partial charge in [-0.3, -0.25) is 9.52 Å². The molecule has 0 aliphatic carbocycles. The first kappa shape index (κ1) is 22.4. The Bertz CT molecular complexity index is 1330. The highest BCUT2D eigenvalue weighted by Gasteiger charge is 2.37. The number of carbonyl (C=O) groups excluding carboxylic acids is 1. The molecule has 11 nitrogen and oxygen atoms in total. The van der Waals surface area contributed by atoms with Crippen molar-refractivity contribution in [3.63, 3.8) is 0 Å². The Hall–Kier alpha value is -3.79. The zero-order chi connectivity index (χ0) is 23.4. The summed E-state index contributed by atoms with van der Waals surface area (Å²) in [5, 5.41) is 23.9. The van der Waals surface area contributed by atoms with Gasteiger partial charge in [-0.2, -0.15) is 5.21 Å². The Balaban J connectivity index is 1.60. The number of methoxy groups -OCH3 is 1. The maximum absolute atomic E-state index is 13.1. The predicted octanol–water partition coefficient (Wildman–Crippen LogP) is 0.883. The third-order valence-electron chi connectivity index (χ3n) is 4.95. The number of benzene rings is 2. The molecule has 1 aromatic heterocycles. The van der Waals surface area contributed by atoms with E-state index in [1.165, 1.54) is 23.1 Å². The molecule has 0 radical (unpaired) electrons. The SMILES string of the molecule is COCCCN1C(=O)c2cccc(NS(=O)(=O)c3cccc(C#Cc4nn[nH]n4)c3)c2C1O. The highest BCUT2D eigenvalue weighted by atomic mass is 32.2. The number of nitrogens with one attached hydrogen (secondary N) is 2. The van der Waals surface area contributed by atoms with Gasteiger partial charge < -0.3 is 14.7 Å². The molecule has 1 amide bonds. The fourth-order valence-corrected chi connectivity index (χ4v) is 4.56. The second-order valence-corrected chi connectivity index (χ2v) is 8.79. The van der Waals surface area contributed by atoms with Crippen LogP contribution in [0.15, 0.2) is 47.4 Å². The number of amides is 1. The summed E-state index contributed by atoms with van der Waals surface area (Å²) in [7, 11) is -2.49. The van der Waals surface area contributed by atoms with E-state index in [9.17, 15) is 18.3 Å². The van der Waals surface area contributed by atoms with E-state index in [0.29, 0.717) is 18.6 Å². The molecule has 12 heteroatoms. The molecule has 1 unspecified atom stereocenters. The van der Waals surface area contributed by atoms with E-state index in [4.69, 9.17) is 4.74 Å². The molecule has 170 valence electrons. The molecule has 2 aromatic carbocycles. The Morgan fingerprint density at radius 3 is 2.82 bits per heavy atom. The van der Waals surface area contributed by atoms with Crippen LogP contribution in [0.1, 0.15) is 40.0 Å². The number of aliphatic hydroxyl groups excluding tert-OH is 1. The standard InChI is InChI=1S/C21H20N6O5S/c1-32-12-4-11-27-20(28)16-7-3-8-17(19(16)21(27)29)24-33(30,31)15-6-2-5-14(13-15)9-10-18-22-25-26-23-18/h2-3,5-8,13,21,24,29H,4,11-12H2,1H3,(H,22,23,25,26). The molecule has 0 saturated heterocycles. The zero-order valence-corrected chi connectivity index (χ0v) is 18.3. The van der Waals surface area contributed by atoms with Crippen molar-refractivity contribution in [1.82, 2.24) is 25.5 Å². The van der Waals surface area contributed by atoms with Crippen LogP contribution in [0, 0.1) is 11.8 Å². The van der Waals surface area contributed by atoms with Gasteiger partial charge in [-0.1, -0.05) is 23.2 Å². The van der Waals surface area contributed by atoms with E-state index < -0.39 is 16.3 Å². The van der Waals surface area contributed by atoms with Gasteiger partial charge in [0, 0.05) is 37.0 Å². The summed E-state index contributed by atoms with van der Waals surface area (Å²) < 4.78 is 33.6. The first-order valence-electron chi connectivity index (χ1n) is 9.90. The highest BCUT2D eigenvalue weighted by Crippen LogP contribution is 2.37. The largest absolute Gasteiger partial charge is 0.385 e. The van der Waals surface area contributed by atoms with Crippen LogP contribution in [0.25, 0.3) is 0 Å². The fourth-order valence-electron chi connectivity index (χ4n) is 3.43. The average Bonchev–Trinajstić information content (AvgIpc) is 3.41. The second-order valence-electron chi connectivity index (χ2n) is 7.10. The first-order valence-corrected chi connectivity index (χ1v) is 11.4. The van der Waals surface area contributed by atoms with Crippen molar-refractivity contribution in [3.8, 4) is 11.8 Å². The monoisotopic (exact) mass is 468 g/mol. The Labute approximate surface area is 189 Å². The number of H-pyrrole nitrogens is 1. The van der Waals surface area contributed by atoms with Crippen molar-refractivity contribution < 1.29 is 23.1 Å². The average molecular weight is 468 g/mol. The van der Waals surface area contributed by atoms with Gasteiger partial charge in [-0.05, 0) is 47.9 Å². The lowest BCUT2D eigenvalue weighted by Crippen LogP contribution is -2.29. The molecule has 0 fully saturated rings. The van der Waals surface area contributed by atoms with Crippen molar-refractivity contribution in [2.75, 3.05) is 25.0 Å². The van der Waals surface area contributed by atoms with Gasteiger partial charge in [0.1, 0.15) is 0 Å². The number of fused-ring (bicyclic) bond motifs is 1. The van der Waals surface area contributed by atoms with Crippen LogP contribution in [-0.2, 0) is 14.8 Å². The smallest absolute Gasteiger partial charge is 0.261 e. The number of nitrogens with zero attached hydrogens (tertiary/aromatic N) is 4. The number of ether oxygens (including phenoxy) is 1. The molecule has 33 heavy (non-hydrogen) atoms. The summed E-state index contributed by atoms with van der Waals surface area (Å²) in [6.45, 7) is 0.702. The van der Waals surface area contributed by atoms with Crippen molar-refractivity contribution >= 4 is 21.6 Å². The normalized spacial score (nSPS) is 15.2. The quantitative estimate of drug-likeness (QED) is 0.342. The van der Waals surface area contributed by atoms with Crippen molar-refractivity contribution in [3.05, 3.63) is 65.0 Å². The molecule has 1 aliphatic heterocycles. The van der Waals surface area contributed by atoms with Crippen LogP contribution in [0.3, 0.4) is 0 Å². The van der Waals surface area contributed by atoms with E-state index >= 15 is 0 Å². The molecule has 2 heterocycles. The lowest BCUT2D eigenvalue weighted by atomic mass is 10.1. The molecular formula is C21H20N6O5S. The Kier molecular flexibility index (Phi) is 6.36. The topological polar surface area (TPSA) is 150 Å². The van der Waals surface area contributed by atoms with Gasteiger partial charge in [0.25, 0.3) is 15.9 Å². The van der Waals surface area contributed by atoms with Gasteiger partial charge in [0.05, 0.1) is 10.6 Å². The number of carbonyl (C=O) groups is 1. The highest BCUT2D eigenvalue weighted by molar-refractivity contribution is 7.92. The fraction of sp³-hybridized carbons (Fsp3) is 0.238. The molecule has 0 bridgehead atoms. The summed E-state index contributed by atoms with van der Waals surface area (Å²) in [5.74, 6) is 5.26. The van der Waals surface area contributed by atoms with Crippen LogP contribution in [0.4, 0.5) is 5.69 Å². The molecule has 4 rings (SSSR count). The minimum Gasteiger partial charge on any atom is -0.385 e. The van der Waals surface area contributed by atoms with Gasteiger partial charge in [0.2, 0.25) is 5.82 Å². The van der Waals surface area contributed by atoms with Crippen LogP contribution in [0.2, 0.25) is 0 Å². The summed E-state index contributed by atoms with van der Waals surface area (Å²) in [5.41, 5.74) is 1.03. The zero-order valence-electron chi connectivity index (χ0n) is 17.5. The predicted molar refractivity (Wildman–Crippen MR) is 116 cm³/mol. The van der Waals surface area contributed by atoms with E-state index in [0.717, 1.165) is 0 Å². The maximum Gasteiger partial charge on any atom is 0.261 e. The third-order valence-corrected chi connectivity index (χ3v) is 6.31. The number of anilines is 1.